The normalized spacial score (nSPS) is 16.7. The van der Waals surface area contributed by atoms with E-state index in [-0.39, 0.29) is 18.6 Å². The van der Waals surface area contributed by atoms with Gasteiger partial charge in [0, 0.05) is 15.9 Å². The largest absolute Gasteiger partial charge is 0.445 e. The summed E-state index contributed by atoms with van der Waals surface area (Å²) in [6.07, 6.45) is -0.621. The highest BCUT2D eigenvalue weighted by molar-refractivity contribution is 7.87. The molecule has 1 fully saturated rings. The van der Waals surface area contributed by atoms with Crippen LogP contribution in [0.15, 0.2) is 126 Å². The van der Waals surface area contributed by atoms with Gasteiger partial charge in [-0.2, -0.15) is 0 Å². The Morgan fingerprint density at radius 3 is 1.68 bits per heavy atom. The zero-order valence-corrected chi connectivity index (χ0v) is 21.1. The van der Waals surface area contributed by atoms with Crippen LogP contribution in [0.4, 0.5) is 4.79 Å². The molecule has 2 N–H and O–H groups in total. The second-order valence-corrected chi connectivity index (χ2v) is 11.9. The average Bonchev–Trinajstić information content (AvgIpc) is 2.97. The van der Waals surface area contributed by atoms with Gasteiger partial charge in [-0.15, -0.1) is 0 Å². The van der Waals surface area contributed by atoms with Crippen LogP contribution in [0.1, 0.15) is 5.56 Å². The molecule has 5 rings (SSSR count). The van der Waals surface area contributed by atoms with Gasteiger partial charge in [-0.3, -0.25) is 9.54 Å². The molecule has 1 heterocycles. The molecule has 1 saturated heterocycles. The van der Waals surface area contributed by atoms with Crippen molar-refractivity contribution in [2.45, 2.75) is 18.7 Å². The van der Waals surface area contributed by atoms with E-state index in [4.69, 9.17) is 9.48 Å². The first-order valence-electron chi connectivity index (χ1n) is 12.2. The number of β-lactam (4-membered cyclic amide) rings is 1. The van der Waals surface area contributed by atoms with Gasteiger partial charge < -0.3 is 15.4 Å². The number of rotatable bonds is 8. The van der Waals surface area contributed by atoms with Crippen LogP contribution >= 0.6 is 7.05 Å². The number of nitrogens with zero attached hydrogens (tertiary/aromatic N) is 1. The molecule has 0 saturated carbocycles. The van der Waals surface area contributed by atoms with Crippen molar-refractivity contribution in [3.05, 3.63) is 127 Å². The molecule has 0 radical (unpaired) electrons. The molecule has 186 valence electrons. The summed E-state index contributed by atoms with van der Waals surface area (Å²) >= 11 is 0. The first-order chi connectivity index (χ1) is 18.2. The number of carbonyl (C=O) groups is 2. The fraction of sp³-hybridized carbons (Fsp3) is 0.133. The molecule has 4 aromatic carbocycles. The van der Waals surface area contributed by atoms with E-state index in [1.54, 1.807) is 0 Å². The summed E-state index contributed by atoms with van der Waals surface area (Å²) in [5.41, 5.74) is 0.880. The molecule has 0 spiro atoms. The predicted molar refractivity (Wildman–Crippen MR) is 148 cm³/mol. The van der Waals surface area contributed by atoms with Gasteiger partial charge in [-0.1, -0.05) is 121 Å². The zero-order valence-electron chi connectivity index (χ0n) is 20.2. The Balaban J connectivity index is 1.43. The van der Waals surface area contributed by atoms with Crippen LogP contribution in [0.25, 0.3) is 0 Å². The number of amides is 2. The lowest BCUT2D eigenvalue weighted by atomic mass is 10.00. The van der Waals surface area contributed by atoms with Crippen molar-refractivity contribution in [2.24, 2.45) is 4.74 Å². The van der Waals surface area contributed by atoms with Gasteiger partial charge >= 0.3 is 6.09 Å². The SMILES string of the molecule is O=C(N[C@@H]1C(=O)N[C@@H]1CN=P(c1ccccc1)(c1ccccc1)c1ccccc1)OCc1ccccc1. The molecule has 4 aromatic rings. The third-order valence-corrected chi connectivity index (χ3v) is 10.1. The first kappa shape index (κ1) is 24.5. The van der Waals surface area contributed by atoms with Crippen molar-refractivity contribution in [2.75, 3.05) is 6.54 Å². The summed E-state index contributed by atoms with van der Waals surface area (Å²) < 4.78 is 10.7. The summed E-state index contributed by atoms with van der Waals surface area (Å²) in [4.78, 5) is 24.8. The van der Waals surface area contributed by atoms with Crippen molar-refractivity contribution in [3.63, 3.8) is 0 Å². The molecular formula is C30H28N3O3P. The lowest BCUT2D eigenvalue weighted by Gasteiger charge is -2.37. The average molecular weight is 510 g/mol. The van der Waals surface area contributed by atoms with Gasteiger partial charge in [0.2, 0.25) is 5.91 Å². The molecule has 2 atom stereocenters. The minimum absolute atomic E-state index is 0.140. The van der Waals surface area contributed by atoms with Crippen molar-refractivity contribution in [3.8, 4) is 0 Å². The van der Waals surface area contributed by atoms with E-state index < -0.39 is 19.2 Å². The van der Waals surface area contributed by atoms with E-state index in [0.29, 0.717) is 6.54 Å². The maximum absolute atomic E-state index is 12.4. The number of hydrogen-bond donors (Lipinski definition) is 2. The highest BCUT2D eigenvalue weighted by Gasteiger charge is 2.41. The van der Waals surface area contributed by atoms with Crippen LogP contribution in [0, 0.1) is 0 Å². The lowest BCUT2D eigenvalue weighted by Crippen LogP contribution is -2.70. The number of alkyl carbamates (subject to hydrolysis) is 1. The molecule has 6 nitrogen and oxygen atoms in total. The third-order valence-electron chi connectivity index (χ3n) is 6.38. The molecule has 0 bridgehead atoms. The summed E-state index contributed by atoms with van der Waals surface area (Å²) in [6, 6.07) is 39.3. The Hall–Kier alpha value is -4.15. The van der Waals surface area contributed by atoms with E-state index in [1.807, 2.05) is 84.9 Å². The molecule has 1 aliphatic rings. The van der Waals surface area contributed by atoms with Crippen LogP contribution in [0.2, 0.25) is 0 Å². The smallest absolute Gasteiger partial charge is 0.408 e. The van der Waals surface area contributed by atoms with Crippen molar-refractivity contribution >= 4 is 35.0 Å². The second-order valence-electron chi connectivity index (χ2n) is 8.76. The predicted octanol–water partition coefficient (Wildman–Crippen LogP) is 3.96. The van der Waals surface area contributed by atoms with E-state index in [9.17, 15) is 9.59 Å². The monoisotopic (exact) mass is 509 g/mol. The minimum atomic E-state index is -2.39. The molecule has 1 aliphatic heterocycles. The number of nitrogens with one attached hydrogen (secondary N) is 2. The van der Waals surface area contributed by atoms with Gasteiger partial charge in [-0.05, 0) is 5.56 Å². The second kappa shape index (κ2) is 11.3. The zero-order chi connectivity index (χ0) is 25.5. The van der Waals surface area contributed by atoms with Crippen LogP contribution in [-0.2, 0) is 16.1 Å². The molecule has 0 aromatic heterocycles. The Bertz CT molecular complexity index is 1290. The molecule has 37 heavy (non-hydrogen) atoms. The van der Waals surface area contributed by atoms with Gasteiger partial charge in [0.25, 0.3) is 0 Å². The highest BCUT2D eigenvalue weighted by atomic mass is 31.2. The Labute approximate surface area is 216 Å². The topological polar surface area (TPSA) is 79.8 Å². The lowest BCUT2D eigenvalue weighted by molar-refractivity contribution is -0.131. The third kappa shape index (κ3) is 5.35. The fourth-order valence-corrected chi connectivity index (χ4v) is 8.10. The van der Waals surface area contributed by atoms with Crippen LogP contribution in [0.5, 0.6) is 0 Å². The van der Waals surface area contributed by atoms with Gasteiger partial charge in [0.15, 0.2) is 0 Å². The maximum atomic E-state index is 12.4. The van der Waals surface area contributed by atoms with E-state index in [1.165, 1.54) is 0 Å². The van der Waals surface area contributed by atoms with Crippen molar-refractivity contribution < 1.29 is 14.3 Å². The van der Waals surface area contributed by atoms with E-state index >= 15 is 0 Å². The van der Waals surface area contributed by atoms with E-state index in [0.717, 1.165) is 21.5 Å². The molecule has 7 heteroatoms. The maximum Gasteiger partial charge on any atom is 0.408 e. The Kier molecular flexibility index (Phi) is 7.48. The standard InChI is InChI=1S/C30H28N3O3P/c34-29-28(33-30(35)36-22-23-13-5-1-6-14-23)27(32-29)21-31-37(24-15-7-2-8-16-24,25-17-9-3-10-18-25)26-19-11-4-12-20-26/h1-20,27-28H,21-22H2,(H,32,34)(H,33,35)/t27-,28+/m1/s1. The fourth-order valence-electron chi connectivity index (χ4n) is 4.49. The number of hydrogen-bond acceptors (Lipinski definition) is 4. The molecule has 0 aliphatic carbocycles. The number of benzene rings is 4. The molecule has 0 unspecified atom stereocenters. The van der Waals surface area contributed by atoms with Gasteiger partial charge in [0.05, 0.1) is 19.6 Å². The summed E-state index contributed by atoms with van der Waals surface area (Å²) in [5.74, 6) is -0.236. The van der Waals surface area contributed by atoms with Crippen LogP contribution in [0.3, 0.4) is 0 Å². The van der Waals surface area contributed by atoms with Crippen molar-refractivity contribution in [1.29, 1.82) is 0 Å². The van der Waals surface area contributed by atoms with Crippen LogP contribution < -0.4 is 26.5 Å². The molecule has 2 amide bonds. The highest BCUT2D eigenvalue weighted by Crippen LogP contribution is 2.46. The number of carbonyl (C=O) groups excluding carboxylic acids is 2. The number of ether oxygens (including phenoxy) is 1. The quantitative estimate of drug-likeness (QED) is 0.279. The Morgan fingerprint density at radius 1 is 0.757 bits per heavy atom. The summed E-state index contributed by atoms with van der Waals surface area (Å²) in [5, 5.41) is 9.02. The van der Waals surface area contributed by atoms with E-state index in [2.05, 4.69) is 47.0 Å². The van der Waals surface area contributed by atoms with Crippen LogP contribution in [-0.4, -0.2) is 30.6 Å². The Morgan fingerprint density at radius 2 is 1.22 bits per heavy atom. The first-order valence-corrected chi connectivity index (χ1v) is 13.9. The minimum Gasteiger partial charge on any atom is -0.445 e. The molecular weight excluding hydrogens is 481 g/mol. The van der Waals surface area contributed by atoms with Crippen molar-refractivity contribution in [1.82, 2.24) is 10.6 Å². The summed E-state index contributed by atoms with van der Waals surface area (Å²) in [7, 11) is -2.39. The van der Waals surface area contributed by atoms with Gasteiger partial charge in [-0.25, -0.2) is 4.79 Å². The van der Waals surface area contributed by atoms with Gasteiger partial charge in [0.1, 0.15) is 12.6 Å². The summed E-state index contributed by atoms with van der Waals surface area (Å²) in [6.45, 7) is 0.489.